The molecule has 0 radical (unpaired) electrons. The first-order valence-corrected chi connectivity index (χ1v) is 6.47. The van der Waals surface area contributed by atoms with Gasteiger partial charge in [-0.2, -0.15) is 18.2 Å². The van der Waals surface area contributed by atoms with E-state index in [1.165, 1.54) is 0 Å². The first kappa shape index (κ1) is 16.3. The molecule has 6 nitrogen and oxygen atoms in total. The van der Waals surface area contributed by atoms with Crippen molar-refractivity contribution in [2.45, 2.75) is 32.5 Å². The maximum Gasteiger partial charge on any atom is 0.416 e. The van der Waals surface area contributed by atoms with Crippen molar-refractivity contribution in [3.05, 3.63) is 22.8 Å². The van der Waals surface area contributed by atoms with Crippen LogP contribution in [0.4, 0.5) is 23.9 Å². The molecule has 2 rings (SSSR count). The second-order valence-electron chi connectivity index (χ2n) is 5.40. The van der Waals surface area contributed by atoms with Gasteiger partial charge in [0.1, 0.15) is 10.8 Å². The predicted molar refractivity (Wildman–Crippen MR) is 72.9 cm³/mol. The van der Waals surface area contributed by atoms with Crippen LogP contribution in [0.1, 0.15) is 26.3 Å². The van der Waals surface area contributed by atoms with Gasteiger partial charge in [0.2, 0.25) is 0 Å². The van der Waals surface area contributed by atoms with Crippen molar-refractivity contribution in [1.29, 1.82) is 0 Å². The monoisotopic (exact) mass is 336 g/mol. The Balaban J connectivity index is 2.31. The number of rotatable bonds is 1. The molecule has 0 aromatic carbocycles. The second-order valence-corrected chi connectivity index (χ2v) is 5.78. The van der Waals surface area contributed by atoms with Gasteiger partial charge in [0.15, 0.2) is 5.65 Å². The molecule has 120 valence electrons. The second kappa shape index (κ2) is 5.31. The fraction of sp³-hybridized carbons (Fsp3) is 0.417. The van der Waals surface area contributed by atoms with Crippen LogP contribution in [0.3, 0.4) is 0 Å². The molecule has 0 aliphatic carbocycles. The molecule has 0 spiro atoms. The average molecular weight is 337 g/mol. The number of halogens is 4. The summed E-state index contributed by atoms with van der Waals surface area (Å²) in [4.78, 5) is 15.4. The zero-order valence-electron chi connectivity index (χ0n) is 11.8. The Hall–Kier alpha value is -2.03. The number of carbonyl (C=O) groups is 1. The van der Waals surface area contributed by atoms with Crippen LogP contribution in [-0.4, -0.2) is 26.3 Å². The molecular formula is C12H12ClF3N4O2. The molecule has 0 atom stereocenters. The van der Waals surface area contributed by atoms with Crippen LogP contribution in [-0.2, 0) is 10.9 Å². The lowest BCUT2D eigenvalue weighted by atomic mass is 10.2. The molecule has 10 heteroatoms. The molecule has 2 aromatic rings. The number of pyridine rings is 1. The minimum Gasteiger partial charge on any atom is -0.444 e. The van der Waals surface area contributed by atoms with E-state index >= 15 is 0 Å². The molecule has 0 bridgehead atoms. The number of anilines is 1. The highest BCUT2D eigenvalue weighted by Gasteiger charge is 2.32. The topological polar surface area (TPSA) is 68.5 Å². The number of nitrogens with zero attached hydrogens (tertiary/aromatic N) is 3. The Kier molecular flexibility index (Phi) is 3.94. The standard InChI is InChI=1S/C12H12ClF3N4O2/c1-11(2,3)22-10(21)18-9-17-8-5-6(12(14,15)16)4-7(13)20(8)19-9/h4-5H,1-3H3,(H,18,19,21). The molecule has 0 saturated heterocycles. The van der Waals surface area contributed by atoms with E-state index < -0.39 is 23.4 Å². The van der Waals surface area contributed by atoms with E-state index in [0.29, 0.717) is 0 Å². The van der Waals surface area contributed by atoms with Crippen LogP contribution < -0.4 is 5.32 Å². The number of ether oxygens (including phenoxy) is 1. The fourth-order valence-electron chi connectivity index (χ4n) is 1.56. The predicted octanol–water partition coefficient (Wildman–Crippen LogP) is 3.75. The normalized spacial score (nSPS) is 12.5. The number of aromatic nitrogens is 3. The van der Waals surface area contributed by atoms with Crippen molar-refractivity contribution >= 4 is 29.3 Å². The van der Waals surface area contributed by atoms with Gasteiger partial charge in [-0.15, -0.1) is 5.10 Å². The summed E-state index contributed by atoms with van der Waals surface area (Å²) in [5.74, 6) is -0.213. The van der Waals surface area contributed by atoms with Crippen LogP contribution in [0.25, 0.3) is 5.65 Å². The maximum atomic E-state index is 12.7. The summed E-state index contributed by atoms with van der Waals surface area (Å²) in [6, 6.07) is 1.50. The van der Waals surface area contributed by atoms with E-state index in [4.69, 9.17) is 16.3 Å². The largest absolute Gasteiger partial charge is 0.444 e. The van der Waals surface area contributed by atoms with Crippen molar-refractivity contribution in [1.82, 2.24) is 14.6 Å². The van der Waals surface area contributed by atoms with Gasteiger partial charge in [0.25, 0.3) is 5.95 Å². The summed E-state index contributed by atoms with van der Waals surface area (Å²) in [6.07, 6.45) is -5.38. The SMILES string of the molecule is CC(C)(C)OC(=O)Nc1nc2cc(C(F)(F)F)cc(Cl)n2n1. The number of hydrogen-bond donors (Lipinski definition) is 1. The summed E-state index contributed by atoms with van der Waals surface area (Å²) in [7, 11) is 0. The van der Waals surface area contributed by atoms with E-state index in [0.717, 1.165) is 16.6 Å². The van der Waals surface area contributed by atoms with Crippen molar-refractivity contribution in [3.63, 3.8) is 0 Å². The first-order chi connectivity index (χ1) is 9.95. The molecule has 0 saturated carbocycles. The van der Waals surface area contributed by atoms with E-state index in [9.17, 15) is 18.0 Å². The van der Waals surface area contributed by atoms with E-state index in [2.05, 4.69) is 15.4 Å². The smallest absolute Gasteiger partial charge is 0.416 e. The Bertz CT molecular complexity index is 721. The van der Waals surface area contributed by atoms with E-state index in [1.807, 2.05) is 0 Å². The highest BCUT2D eigenvalue weighted by atomic mass is 35.5. The third-order valence-corrected chi connectivity index (χ3v) is 2.60. The van der Waals surface area contributed by atoms with Gasteiger partial charge in [0, 0.05) is 0 Å². The molecule has 0 aliphatic heterocycles. The third kappa shape index (κ3) is 3.79. The van der Waals surface area contributed by atoms with Crippen LogP contribution in [0.2, 0.25) is 5.15 Å². The zero-order chi connectivity index (χ0) is 16.7. The summed E-state index contributed by atoms with van der Waals surface area (Å²) >= 11 is 5.74. The number of alkyl halides is 3. The lowest BCUT2D eigenvalue weighted by Crippen LogP contribution is -2.27. The van der Waals surface area contributed by atoms with Gasteiger partial charge >= 0.3 is 12.3 Å². The minimum absolute atomic E-state index is 0.147. The molecule has 1 amide bonds. The quantitative estimate of drug-likeness (QED) is 0.805. The number of amides is 1. The first-order valence-electron chi connectivity index (χ1n) is 6.09. The zero-order valence-corrected chi connectivity index (χ0v) is 12.6. The molecular weight excluding hydrogens is 325 g/mol. The minimum atomic E-state index is -4.56. The molecule has 2 aromatic heterocycles. The van der Waals surface area contributed by atoms with Gasteiger partial charge in [-0.25, -0.2) is 9.31 Å². The number of nitrogens with one attached hydrogen (secondary N) is 1. The van der Waals surface area contributed by atoms with Gasteiger partial charge in [-0.3, -0.25) is 5.32 Å². The van der Waals surface area contributed by atoms with Crippen LogP contribution in [0, 0.1) is 0 Å². The average Bonchev–Trinajstić information content (AvgIpc) is 2.67. The number of hydrogen-bond acceptors (Lipinski definition) is 4. The molecule has 0 unspecified atom stereocenters. The Morgan fingerprint density at radius 2 is 1.95 bits per heavy atom. The molecule has 22 heavy (non-hydrogen) atoms. The molecule has 2 heterocycles. The van der Waals surface area contributed by atoms with E-state index in [1.54, 1.807) is 20.8 Å². The summed E-state index contributed by atoms with van der Waals surface area (Å²) < 4.78 is 44.0. The molecule has 0 fully saturated rings. The maximum absolute atomic E-state index is 12.7. The number of carbonyl (C=O) groups excluding carboxylic acids is 1. The Morgan fingerprint density at radius 1 is 1.32 bits per heavy atom. The molecule has 1 N–H and O–H groups in total. The highest BCUT2D eigenvalue weighted by molar-refractivity contribution is 6.29. The van der Waals surface area contributed by atoms with Crippen molar-refractivity contribution in [2.24, 2.45) is 0 Å². The van der Waals surface area contributed by atoms with Crippen molar-refractivity contribution in [3.8, 4) is 0 Å². The van der Waals surface area contributed by atoms with Crippen molar-refractivity contribution < 1.29 is 22.7 Å². The van der Waals surface area contributed by atoms with Gasteiger partial charge < -0.3 is 4.74 Å². The fourth-order valence-corrected chi connectivity index (χ4v) is 1.80. The van der Waals surface area contributed by atoms with Gasteiger partial charge in [-0.05, 0) is 32.9 Å². The Labute approximate surface area is 128 Å². The van der Waals surface area contributed by atoms with Crippen LogP contribution >= 0.6 is 11.6 Å². The Morgan fingerprint density at radius 3 is 2.50 bits per heavy atom. The molecule has 0 aliphatic rings. The third-order valence-electron chi connectivity index (χ3n) is 2.33. The van der Waals surface area contributed by atoms with Gasteiger partial charge in [0.05, 0.1) is 5.56 Å². The van der Waals surface area contributed by atoms with Crippen LogP contribution in [0.15, 0.2) is 12.1 Å². The lowest BCUT2D eigenvalue weighted by molar-refractivity contribution is -0.137. The van der Waals surface area contributed by atoms with Crippen LogP contribution in [0.5, 0.6) is 0 Å². The summed E-state index contributed by atoms with van der Waals surface area (Å²) in [5, 5.41) is 5.75. The van der Waals surface area contributed by atoms with E-state index in [-0.39, 0.29) is 16.7 Å². The number of fused-ring (bicyclic) bond motifs is 1. The summed E-state index contributed by atoms with van der Waals surface area (Å²) in [5.41, 5.74) is -1.84. The van der Waals surface area contributed by atoms with Crippen molar-refractivity contribution in [2.75, 3.05) is 5.32 Å². The lowest BCUT2D eigenvalue weighted by Gasteiger charge is -2.18. The van der Waals surface area contributed by atoms with Gasteiger partial charge in [-0.1, -0.05) is 11.6 Å². The summed E-state index contributed by atoms with van der Waals surface area (Å²) in [6.45, 7) is 4.99. The highest BCUT2D eigenvalue weighted by Crippen LogP contribution is 2.31.